The van der Waals surface area contributed by atoms with Gasteiger partial charge in [0, 0.05) is 11.6 Å². The molecule has 92 valence electrons. The number of halogens is 3. The summed E-state index contributed by atoms with van der Waals surface area (Å²) in [4.78, 5) is 23.3. The van der Waals surface area contributed by atoms with Gasteiger partial charge in [-0.05, 0) is 15.9 Å². The Morgan fingerprint density at radius 3 is 2.65 bits per heavy atom. The number of hydrogen-bond donors (Lipinski definition) is 1. The first-order valence-electron chi connectivity index (χ1n) is 4.16. The highest BCUT2D eigenvalue weighted by molar-refractivity contribution is 9.10. The second-order valence-corrected chi connectivity index (χ2v) is 3.72. The molecule has 1 N–H and O–H groups in total. The Bertz CT molecular complexity index is 481. The molecule has 0 aliphatic heterocycles. The Morgan fingerprint density at radius 2 is 2.24 bits per heavy atom. The summed E-state index contributed by atoms with van der Waals surface area (Å²) in [7, 11) is 0. The van der Waals surface area contributed by atoms with Crippen LogP contribution >= 0.6 is 15.9 Å². The van der Waals surface area contributed by atoms with E-state index in [2.05, 4.69) is 20.9 Å². The molecule has 0 aliphatic carbocycles. The highest BCUT2D eigenvalue weighted by atomic mass is 79.9. The lowest BCUT2D eigenvalue weighted by Crippen LogP contribution is -2.06. The van der Waals surface area contributed by atoms with Crippen LogP contribution in [0.15, 0.2) is 10.7 Å². The quantitative estimate of drug-likeness (QED) is 0.523. The molecule has 1 heterocycles. The van der Waals surface area contributed by atoms with Crippen molar-refractivity contribution in [2.75, 3.05) is 0 Å². The number of rotatable bonds is 4. The van der Waals surface area contributed by atoms with E-state index in [1.807, 2.05) is 0 Å². The number of alkyl halides is 2. The molecular weight excluding hydrogens is 306 g/mol. The van der Waals surface area contributed by atoms with E-state index in [9.17, 15) is 23.7 Å². The largest absolute Gasteiger partial charge is 0.481 e. The first kappa shape index (κ1) is 13.4. The van der Waals surface area contributed by atoms with E-state index in [1.54, 1.807) is 0 Å². The highest BCUT2D eigenvalue weighted by Gasteiger charge is 2.26. The molecule has 0 saturated carbocycles. The third-order valence-corrected chi connectivity index (χ3v) is 2.49. The maximum absolute atomic E-state index is 12.5. The summed E-state index contributed by atoms with van der Waals surface area (Å²) in [5.41, 5.74) is -1.91. The summed E-state index contributed by atoms with van der Waals surface area (Å²) in [5.74, 6) is -1.24. The van der Waals surface area contributed by atoms with Crippen LogP contribution in [0, 0.1) is 10.1 Å². The number of nitro groups is 1. The van der Waals surface area contributed by atoms with E-state index >= 15 is 0 Å². The van der Waals surface area contributed by atoms with Gasteiger partial charge in [-0.2, -0.15) is 0 Å². The molecule has 9 heteroatoms. The maximum Gasteiger partial charge on any atom is 0.307 e. The number of nitrogens with zero attached hydrogens (tertiary/aromatic N) is 2. The molecule has 6 nitrogen and oxygen atoms in total. The van der Waals surface area contributed by atoms with Gasteiger partial charge in [-0.1, -0.05) is 0 Å². The number of aromatic nitrogens is 1. The molecule has 1 aromatic rings. The molecule has 17 heavy (non-hydrogen) atoms. The topological polar surface area (TPSA) is 93.3 Å². The first-order valence-corrected chi connectivity index (χ1v) is 4.96. The standard InChI is InChI=1S/C8H5BrF2N2O4/c9-7-3(2-5(14)15)1-4(13(16)17)6(12-7)8(10)11/h1,8H,2H2,(H,14,15). The number of carbonyl (C=O) groups is 1. The van der Waals surface area contributed by atoms with Crippen LogP contribution in [0.25, 0.3) is 0 Å². The van der Waals surface area contributed by atoms with Crippen LogP contribution in [0.4, 0.5) is 14.5 Å². The zero-order valence-electron chi connectivity index (χ0n) is 8.06. The van der Waals surface area contributed by atoms with Crippen molar-refractivity contribution in [3.63, 3.8) is 0 Å². The molecule has 0 saturated heterocycles. The van der Waals surface area contributed by atoms with Crippen molar-refractivity contribution in [1.82, 2.24) is 4.98 Å². The van der Waals surface area contributed by atoms with Gasteiger partial charge in [0.2, 0.25) is 0 Å². The summed E-state index contributed by atoms with van der Waals surface area (Å²) in [5, 5.41) is 19.1. The summed E-state index contributed by atoms with van der Waals surface area (Å²) in [6.45, 7) is 0. The summed E-state index contributed by atoms with van der Waals surface area (Å²) < 4.78 is 24.8. The van der Waals surface area contributed by atoms with Crippen molar-refractivity contribution >= 4 is 27.6 Å². The monoisotopic (exact) mass is 310 g/mol. The van der Waals surface area contributed by atoms with Gasteiger partial charge in [-0.25, -0.2) is 13.8 Å². The minimum absolute atomic E-state index is 0.0337. The average molecular weight is 311 g/mol. The molecule has 0 fully saturated rings. The zero-order valence-corrected chi connectivity index (χ0v) is 9.65. The number of hydrogen-bond acceptors (Lipinski definition) is 4. The van der Waals surface area contributed by atoms with Crippen molar-refractivity contribution in [2.45, 2.75) is 12.8 Å². The van der Waals surface area contributed by atoms with E-state index in [1.165, 1.54) is 0 Å². The molecule has 0 aromatic carbocycles. The van der Waals surface area contributed by atoms with Crippen LogP contribution in [0.2, 0.25) is 0 Å². The predicted octanol–water partition coefficient (Wildman–Crippen LogP) is 2.32. The highest BCUT2D eigenvalue weighted by Crippen LogP contribution is 2.31. The first-order chi connectivity index (χ1) is 7.82. The lowest BCUT2D eigenvalue weighted by molar-refractivity contribution is -0.386. The van der Waals surface area contributed by atoms with Crippen LogP contribution in [0.5, 0.6) is 0 Å². The number of carboxylic acid groups (broad SMARTS) is 1. The van der Waals surface area contributed by atoms with Crippen LogP contribution in [-0.4, -0.2) is 21.0 Å². The number of pyridine rings is 1. The van der Waals surface area contributed by atoms with E-state index < -0.39 is 35.1 Å². The van der Waals surface area contributed by atoms with Crippen molar-refractivity contribution in [3.8, 4) is 0 Å². The van der Waals surface area contributed by atoms with Crippen molar-refractivity contribution < 1.29 is 23.6 Å². The van der Waals surface area contributed by atoms with Gasteiger partial charge in [-0.15, -0.1) is 0 Å². The van der Waals surface area contributed by atoms with Crippen LogP contribution in [0.3, 0.4) is 0 Å². The molecule has 0 bridgehead atoms. The maximum atomic E-state index is 12.5. The third kappa shape index (κ3) is 3.16. The summed E-state index contributed by atoms with van der Waals surface area (Å²) in [6, 6.07) is 0.784. The molecule has 0 amide bonds. The van der Waals surface area contributed by atoms with Crippen molar-refractivity contribution in [2.24, 2.45) is 0 Å². The van der Waals surface area contributed by atoms with Crippen LogP contribution in [0.1, 0.15) is 17.7 Å². The molecule has 0 radical (unpaired) electrons. The van der Waals surface area contributed by atoms with Crippen LogP contribution < -0.4 is 0 Å². The predicted molar refractivity (Wildman–Crippen MR) is 54.9 cm³/mol. The van der Waals surface area contributed by atoms with Gasteiger partial charge in [0.25, 0.3) is 12.1 Å². The van der Waals surface area contributed by atoms with Crippen molar-refractivity contribution in [3.05, 3.63) is 32.0 Å². The fraction of sp³-hybridized carbons (Fsp3) is 0.250. The smallest absolute Gasteiger partial charge is 0.307 e. The fourth-order valence-electron chi connectivity index (χ4n) is 1.13. The Balaban J connectivity index is 3.34. The molecule has 1 rings (SSSR count). The van der Waals surface area contributed by atoms with E-state index in [-0.39, 0.29) is 10.2 Å². The normalized spacial score (nSPS) is 10.6. The molecule has 1 aromatic heterocycles. The Labute approximate surface area is 102 Å². The van der Waals surface area contributed by atoms with E-state index in [0.29, 0.717) is 0 Å². The van der Waals surface area contributed by atoms with Gasteiger partial charge < -0.3 is 5.11 Å². The third-order valence-electron chi connectivity index (χ3n) is 1.80. The average Bonchev–Trinajstić information content (AvgIpc) is 2.19. The lowest BCUT2D eigenvalue weighted by Gasteiger charge is -2.05. The SMILES string of the molecule is O=C(O)Cc1cc([N+](=O)[O-])c(C(F)F)nc1Br. The van der Waals surface area contributed by atoms with Gasteiger partial charge >= 0.3 is 5.97 Å². The minimum Gasteiger partial charge on any atom is -0.481 e. The van der Waals surface area contributed by atoms with Gasteiger partial charge in [-0.3, -0.25) is 14.9 Å². The molecular formula is C8H5BrF2N2O4. The fourth-order valence-corrected chi connectivity index (χ4v) is 1.57. The Hall–Kier alpha value is -1.64. The Morgan fingerprint density at radius 1 is 1.65 bits per heavy atom. The molecule has 0 aliphatic rings. The zero-order chi connectivity index (χ0) is 13.2. The van der Waals surface area contributed by atoms with E-state index in [0.717, 1.165) is 6.07 Å². The second kappa shape index (κ2) is 5.13. The molecule has 0 unspecified atom stereocenters. The van der Waals surface area contributed by atoms with E-state index in [4.69, 9.17) is 5.11 Å². The molecule has 0 spiro atoms. The van der Waals surface area contributed by atoms with Gasteiger partial charge in [0.05, 0.1) is 11.3 Å². The molecule has 0 atom stereocenters. The Kier molecular flexibility index (Phi) is 4.05. The van der Waals surface area contributed by atoms with Gasteiger partial charge in [0.1, 0.15) is 4.60 Å². The summed E-state index contributed by atoms with van der Waals surface area (Å²) in [6.07, 6.45) is -3.65. The lowest BCUT2D eigenvalue weighted by atomic mass is 10.1. The summed E-state index contributed by atoms with van der Waals surface area (Å²) >= 11 is 2.80. The number of aliphatic carboxylic acids is 1. The van der Waals surface area contributed by atoms with Crippen molar-refractivity contribution in [1.29, 1.82) is 0 Å². The second-order valence-electron chi connectivity index (χ2n) is 2.97. The van der Waals surface area contributed by atoms with Crippen LogP contribution in [-0.2, 0) is 11.2 Å². The number of carboxylic acids is 1. The minimum atomic E-state index is -3.11. The van der Waals surface area contributed by atoms with Gasteiger partial charge in [0.15, 0.2) is 5.69 Å².